The standard InChI is InChI=1S/C13H19NO/c1-9-7-11(15)8-10(2)12(9)3-4-13(14)5-6-13/h7-8,15H,3-6,14H2,1-2H3. The van der Waals surface area contributed by atoms with Gasteiger partial charge in [0.2, 0.25) is 0 Å². The zero-order valence-corrected chi connectivity index (χ0v) is 9.51. The first-order valence-electron chi connectivity index (χ1n) is 5.58. The monoisotopic (exact) mass is 205 g/mol. The second-order valence-electron chi connectivity index (χ2n) is 4.92. The number of rotatable bonds is 3. The topological polar surface area (TPSA) is 46.2 Å². The number of aryl methyl sites for hydroxylation is 2. The lowest BCUT2D eigenvalue weighted by molar-refractivity contribution is 0.474. The number of hydrogen-bond donors (Lipinski definition) is 2. The second kappa shape index (κ2) is 3.53. The molecule has 1 aromatic rings. The van der Waals surface area contributed by atoms with Crippen LogP contribution in [0.2, 0.25) is 0 Å². The van der Waals surface area contributed by atoms with Gasteiger partial charge in [0.05, 0.1) is 0 Å². The first-order chi connectivity index (χ1) is 7.00. The summed E-state index contributed by atoms with van der Waals surface area (Å²) in [5.41, 5.74) is 9.90. The van der Waals surface area contributed by atoms with Crippen LogP contribution in [-0.2, 0) is 6.42 Å². The Bertz CT molecular complexity index is 357. The van der Waals surface area contributed by atoms with Crippen molar-refractivity contribution in [2.24, 2.45) is 5.73 Å². The van der Waals surface area contributed by atoms with E-state index < -0.39 is 0 Å². The molecule has 3 N–H and O–H groups in total. The lowest BCUT2D eigenvalue weighted by atomic mass is 9.96. The fourth-order valence-electron chi connectivity index (χ4n) is 2.15. The summed E-state index contributed by atoms with van der Waals surface area (Å²) in [4.78, 5) is 0. The van der Waals surface area contributed by atoms with Gasteiger partial charge in [-0.3, -0.25) is 0 Å². The van der Waals surface area contributed by atoms with Crippen molar-refractivity contribution in [3.8, 4) is 5.75 Å². The van der Waals surface area contributed by atoms with E-state index in [1.807, 2.05) is 12.1 Å². The summed E-state index contributed by atoms with van der Waals surface area (Å²) in [7, 11) is 0. The molecule has 0 unspecified atom stereocenters. The highest BCUT2D eigenvalue weighted by molar-refractivity contribution is 5.40. The Balaban J connectivity index is 2.13. The summed E-state index contributed by atoms with van der Waals surface area (Å²) in [5.74, 6) is 0.364. The molecule has 1 aliphatic carbocycles. The SMILES string of the molecule is Cc1cc(O)cc(C)c1CCC1(N)CC1. The van der Waals surface area contributed by atoms with Crippen LogP contribution in [0.5, 0.6) is 5.75 Å². The molecule has 0 aromatic heterocycles. The Hall–Kier alpha value is -1.02. The van der Waals surface area contributed by atoms with Crippen molar-refractivity contribution in [2.75, 3.05) is 0 Å². The van der Waals surface area contributed by atoms with Crippen LogP contribution in [0.4, 0.5) is 0 Å². The minimum Gasteiger partial charge on any atom is -0.508 e. The molecular formula is C13H19NO. The van der Waals surface area contributed by atoms with E-state index in [4.69, 9.17) is 5.73 Å². The number of nitrogens with two attached hydrogens (primary N) is 1. The van der Waals surface area contributed by atoms with Crippen LogP contribution >= 0.6 is 0 Å². The largest absolute Gasteiger partial charge is 0.508 e. The Labute approximate surface area is 91.1 Å². The summed E-state index contributed by atoms with van der Waals surface area (Å²) < 4.78 is 0. The number of hydrogen-bond acceptors (Lipinski definition) is 2. The predicted molar refractivity (Wildman–Crippen MR) is 62.1 cm³/mol. The maximum atomic E-state index is 9.43. The van der Waals surface area contributed by atoms with Crippen LogP contribution in [0.1, 0.15) is 36.0 Å². The molecule has 2 nitrogen and oxygen atoms in total. The number of aromatic hydroxyl groups is 1. The zero-order chi connectivity index (χ0) is 11.1. The lowest BCUT2D eigenvalue weighted by Gasteiger charge is -2.13. The Kier molecular flexibility index (Phi) is 2.47. The lowest BCUT2D eigenvalue weighted by Crippen LogP contribution is -2.22. The molecule has 0 spiro atoms. The molecule has 1 saturated carbocycles. The molecule has 0 saturated heterocycles. The van der Waals surface area contributed by atoms with E-state index >= 15 is 0 Å². The van der Waals surface area contributed by atoms with E-state index in [0.717, 1.165) is 12.8 Å². The van der Waals surface area contributed by atoms with E-state index in [1.54, 1.807) is 0 Å². The third-order valence-corrected chi connectivity index (χ3v) is 3.45. The highest BCUT2D eigenvalue weighted by Crippen LogP contribution is 2.37. The van der Waals surface area contributed by atoms with Crippen molar-refractivity contribution in [3.63, 3.8) is 0 Å². The summed E-state index contributed by atoms with van der Waals surface area (Å²) in [5, 5.41) is 9.43. The third kappa shape index (κ3) is 2.32. The number of phenols is 1. The average Bonchev–Trinajstić information content (AvgIpc) is 2.82. The van der Waals surface area contributed by atoms with E-state index in [9.17, 15) is 5.11 Å². The van der Waals surface area contributed by atoms with E-state index in [2.05, 4.69) is 13.8 Å². The van der Waals surface area contributed by atoms with Crippen LogP contribution in [-0.4, -0.2) is 10.6 Å². The molecule has 0 radical (unpaired) electrons. The summed E-state index contributed by atoms with van der Waals surface area (Å²) in [6.07, 6.45) is 4.44. The van der Waals surface area contributed by atoms with Crippen LogP contribution < -0.4 is 5.73 Å². The maximum Gasteiger partial charge on any atom is 0.116 e. The minimum absolute atomic E-state index is 0.122. The van der Waals surface area contributed by atoms with Crippen LogP contribution in [0.3, 0.4) is 0 Å². The Morgan fingerprint density at radius 3 is 2.27 bits per heavy atom. The molecule has 0 atom stereocenters. The van der Waals surface area contributed by atoms with Gasteiger partial charge in [0.25, 0.3) is 0 Å². The molecule has 0 aliphatic heterocycles. The molecule has 0 bridgehead atoms. The third-order valence-electron chi connectivity index (χ3n) is 3.45. The van der Waals surface area contributed by atoms with Crippen molar-refractivity contribution in [2.45, 2.75) is 45.1 Å². The predicted octanol–water partition coefficient (Wildman–Crippen LogP) is 2.43. The van der Waals surface area contributed by atoms with Crippen LogP contribution in [0, 0.1) is 13.8 Å². The number of phenolic OH excluding ortho intramolecular Hbond substituents is 1. The van der Waals surface area contributed by atoms with Gasteiger partial charge in [-0.2, -0.15) is 0 Å². The second-order valence-corrected chi connectivity index (χ2v) is 4.92. The van der Waals surface area contributed by atoms with Gasteiger partial charge in [0, 0.05) is 5.54 Å². The van der Waals surface area contributed by atoms with Crippen molar-refractivity contribution in [1.29, 1.82) is 0 Å². The fraction of sp³-hybridized carbons (Fsp3) is 0.538. The molecule has 0 heterocycles. The van der Waals surface area contributed by atoms with E-state index in [-0.39, 0.29) is 5.54 Å². The Morgan fingerprint density at radius 2 is 1.80 bits per heavy atom. The van der Waals surface area contributed by atoms with Gasteiger partial charge in [-0.05, 0) is 68.4 Å². The van der Waals surface area contributed by atoms with Gasteiger partial charge < -0.3 is 10.8 Å². The van der Waals surface area contributed by atoms with Crippen molar-refractivity contribution < 1.29 is 5.11 Å². The molecule has 2 heteroatoms. The van der Waals surface area contributed by atoms with Gasteiger partial charge >= 0.3 is 0 Å². The Morgan fingerprint density at radius 1 is 1.27 bits per heavy atom. The first-order valence-corrected chi connectivity index (χ1v) is 5.58. The van der Waals surface area contributed by atoms with Crippen molar-refractivity contribution in [1.82, 2.24) is 0 Å². The van der Waals surface area contributed by atoms with Gasteiger partial charge in [0.15, 0.2) is 0 Å². The summed E-state index contributed by atoms with van der Waals surface area (Å²) in [6.45, 7) is 4.11. The van der Waals surface area contributed by atoms with E-state index in [0.29, 0.717) is 5.75 Å². The molecule has 2 rings (SSSR count). The number of benzene rings is 1. The normalized spacial score (nSPS) is 17.8. The highest BCUT2D eigenvalue weighted by Gasteiger charge is 2.37. The summed E-state index contributed by atoms with van der Waals surface area (Å²) >= 11 is 0. The van der Waals surface area contributed by atoms with Crippen LogP contribution in [0.25, 0.3) is 0 Å². The molecule has 1 aromatic carbocycles. The molecule has 0 amide bonds. The highest BCUT2D eigenvalue weighted by atomic mass is 16.3. The van der Waals surface area contributed by atoms with Crippen molar-refractivity contribution >= 4 is 0 Å². The molecule has 82 valence electrons. The molecule has 1 aliphatic rings. The smallest absolute Gasteiger partial charge is 0.116 e. The molecule has 15 heavy (non-hydrogen) atoms. The van der Waals surface area contributed by atoms with Gasteiger partial charge in [-0.15, -0.1) is 0 Å². The fourth-order valence-corrected chi connectivity index (χ4v) is 2.15. The summed E-state index contributed by atoms with van der Waals surface area (Å²) in [6, 6.07) is 3.66. The zero-order valence-electron chi connectivity index (χ0n) is 9.51. The average molecular weight is 205 g/mol. The maximum absolute atomic E-state index is 9.43. The van der Waals surface area contributed by atoms with Gasteiger partial charge in [-0.1, -0.05) is 0 Å². The molecule has 1 fully saturated rings. The van der Waals surface area contributed by atoms with Crippen LogP contribution in [0.15, 0.2) is 12.1 Å². The van der Waals surface area contributed by atoms with Gasteiger partial charge in [-0.25, -0.2) is 0 Å². The first kappa shape index (κ1) is 10.5. The molecular weight excluding hydrogens is 186 g/mol. The van der Waals surface area contributed by atoms with Gasteiger partial charge in [0.1, 0.15) is 5.75 Å². The quantitative estimate of drug-likeness (QED) is 0.796. The van der Waals surface area contributed by atoms with Crippen molar-refractivity contribution in [3.05, 3.63) is 28.8 Å². The minimum atomic E-state index is 0.122. The van der Waals surface area contributed by atoms with E-state index in [1.165, 1.54) is 29.5 Å².